The first-order valence-electron chi connectivity index (χ1n) is 4.60. The molecular formula is C11H13NO2. The second kappa shape index (κ2) is 3.33. The lowest BCUT2D eigenvalue weighted by Crippen LogP contribution is -2.23. The molecule has 0 N–H and O–H groups in total. The maximum absolute atomic E-state index is 5.66. The molecule has 2 rings (SSSR count). The Morgan fingerprint density at radius 2 is 2.21 bits per heavy atom. The van der Waals surface area contributed by atoms with E-state index in [2.05, 4.69) is 4.99 Å². The molecule has 1 aromatic carbocycles. The van der Waals surface area contributed by atoms with Crippen LogP contribution in [0.1, 0.15) is 13.8 Å². The number of aliphatic imine (C=N–C) groups is 1. The molecule has 0 aromatic heterocycles. The van der Waals surface area contributed by atoms with Crippen molar-refractivity contribution in [1.29, 1.82) is 0 Å². The Kier molecular flexibility index (Phi) is 2.15. The highest BCUT2D eigenvalue weighted by Gasteiger charge is 2.17. The summed E-state index contributed by atoms with van der Waals surface area (Å²) in [6.07, 6.45) is 0.0656. The molecule has 74 valence electrons. The van der Waals surface area contributed by atoms with Crippen molar-refractivity contribution >= 4 is 11.4 Å². The lowest BCUT2D eigenvalue weighted by atomic mass is 10.2. The van der Waals surface area contributed by atoms with Gasteiger partial charge in [0.2, 0.25) is 0 Å². The fourth-order valence-corrected chi connectivity index (χ4v) is 1.37. The van der Waals surface area contributed by atoms with Gasteiger partial charge in [-0.1, -0.05) is 0 Å². The van der Waals surface area contributed by atoms with Crippen LogP contribution in [0.5, 0.6) is 11.5 Å². The minimum atomic E-state index is 0.0656. The van der Waals surface area contributed by atoms with E-state index in [1.165, 1.54) is 0 Å². The summed E-state index contributed by atoms with van der Waals surface area (Å²) >= 11 is 0. The maximum Gasteiger partial charge on any atom is 0.146 e. The number of ether oxygens (including phenoxy) is 2. The number of benzene rings is 1. The molecule has 1 aromatic rings. The zero-order valence-electron chi connectivity index (χ0n) is 8.57. The van der Waals surface area contributed by atoms with Gasteiger partial charge >= 0.3 is 0 Å². The van der Waals surface area contributed by atoms with Crippen molar-refractivity contribution in [2.45, 2.75) is 20.0 Å². The smallest absolute Gasteiger partial charge is 0.146 e. The first-order chi connectivity index (χ1) is 6.70. The van der Waals surface area contributed by atoms with Crippen LogP contribution in [-0.2, 0) is 0 Å². The van der Waals surface area contributed by atoms with Crippen LogP contribution in [0.4, 0.5) is 5.69 Å². The van der Waals surface area contributed by atoms with E-state index in [9.17, 15) is 0 Å². The third-order valence-corrected chi connectivity index (χ3v) is 2.35. The summed E-state index contributed by atoms with van der Waals surface area (Å²) in [7, 11) is 1.64. The predicted octanol–water partition coefficient (Wildman–Crippen LogP) is 2.57. The third-order valence-electron chi connectivity index (χ3n) is 2.35. The van der Waals surface area contributed by atoms with E-state index < -0.39 is 0 Å². The average molecular weight is 191 g/mol. The SMILES string of the molecule is COc1ccc2c(c1)N=C(C)C(C)O2. The highest BCUT2D eigenvalue weighted by molar-refractivity contribution is 5.91. The molecule has 0 amide bonds. The van der Waals surface area contributed by atoms with Gasteiger partial charge in [-0.15, -0.1) is 0 Å². The van der Waals surface area contributed by atoms with Crippen molar-refractivity contribution in [2.75, 3.05) is 7.11 Å². The first kappa shape index (κ1) is 9.06. The van der Waals surface area contributed by atoms with Gasteiger partial charge in [-0.05, 0) is 26.0 Å². The van der Waals surface area contributed by atoms with Crippen LogP contribution in [0.15, 0.2) is 23.2 Å². The Morgan fingerprint density at radius 1 is 1.43 bits per heavy atom. The molecule has 0 spiro atoms. The largest absolute Gasteiger partial charge is 0.497 e. The van der Waals surface area contributed by atoms with E-state index in [1.54, 1.807) is 7.11 Å². The number of methoxy groups -OCH3 is 1. The van der Waals surface area contributed by atoms with E-state index in [1.807, 2.05) is 32.0 Å². The molecule has 1 aliphatic rings. The molecule has 3 nitrogen and oxygen atoms in total. The van der Waals surface area contributed by atoms with Crippen LogP contribution in [0.2, 0.25) is 0 Å². The van der Waals surface area contributed by atoms with Gasteiger partial charge in [-0.25, -0.2) is 0 Å². The lowest BCUT2D eigenvalue weighted by molar-refractivity contribution is 0.282. The summed E-state index contributed by atoms with van der Waals surface area (Å²) in [5.74, 6) is 1.63. The minimum Gasteiger partial charge on any atom is -0.497 e. The van der Waals surface area contributed by atoms with Crippen LogP contribution in [-0.4, -0.2) is 18.9 Å². The predicted molar refractivity (Wildman–Crippen MR) is 55.9 cm³/mol. The van der Waals surface area contributed by atoms with E-state index in [0.717, 1.165) is 22.9 Å². The standard InChI is InChI=1S/C11H13NO2/c1-7-8(2)14-11-5-4-9(13-3)6-10(11)12-7/h4-6,8H,1-3H3. The monoisotopic (exact) mass is 191 g/mol. The summed E-state index contributed by atoms with van der Waals surface area (Å²) in [5, 5.41) is 0. The van der Waals surface area contributed by atoms with Crippen LogP contribution < -0.4 is 9.47 Å². The Bertz CT molecular complexity index is 385. The van der Waals surface area contributed by atoms with Gasteiger partial charge in [-0.3, -0.25) is 4.99 Å². The molecule has 1 aliphatic heterocycles. The van der Waals surface area contributed by atoms with Crippen molar-refractivity contribution in [2.24, 2.45) is 4.99 Å². The molecule has 0 fully saturated rings. The summed E-state index contributed by atoms with van der Waals surface area (Å²) in [5.41, 5.74) is 1.84. The molecular weight excluding hydrogens is 178 g/mol. The second-order valence-corrected chi connectivity index (χ2v) is 3.35. The number of nitrogens with zero attached hydrogens (tertiary/aromatic N) is 1. The molecule has 14 heavy (non-hydrogen) atoms. The van der Waals surface area contributed by atoms with Crippen molar-refractivity contribution in [3.05, 3.63) is 18.2 Å². The highest BCUT2D eigenvalue weighted by Crippen LogP contribution is 2.35. The normalized spacial score (nSPS) is 19.4. The Labute approximate surface area is 83.4 Å². The van der Waals surface area contributed by atoms with Gasteiger partial charge in [-0.2, -0.15) is 0 Å². The van der Waals surface area contributed by atoms with Crippen LogP contribution in [0.3, 0.4) is 0 Å². The molecule has 3 heteroatoms. The van der Waals surface area contributed by atoms with E-state index in [0.29, 0.717) is 0 Å². The van der Waals surface area contributed by atoms with E-state index in [4.69, 9.17) is 9.47 Å². The quantitative estimate of drug-likeness (QED) is 0.683. The minimum absolute atomic E-state index is 0.0656. The van der Waals surface area contributed by atoms with Crippen molar-refractivity contribution in [3.63, 3.8) is 0 Å². The third kappa shape index (κ3) is 1.45. The van der Waals surface area contributed by atoms with Gasteiger partial charge in [0.05, 0.1) is 12.8 Å². The Balaban J connectivity index is 2.45. The number of rotatable bonds is 1. The zero-order valence-corrected chi connectivity index (χ0v) is 8.57. The summed E-state index contributed by atoms with van der Waals surface area (Å²) in [4.78, 5) is 4.45. The Hall–Kier alpha value is -1.51. The molecule has 1 unspecified atom stereocenters. The van der Waals surface area contributed by atoms with Crippen LogP contribution in [0.25, 0.3) is 0 Å². The molecule has 0 radical (unpaired) electrons. The number of fused-ring (bicyclic) bond motifs is 1. The van der Waals surface area contributed by atoms with E-state index >= 15 is 0 Å². The molecule has 0 bridgehead atoms. The topological polar surface area (TPSA) is 30.8 Å². The second-order valence-electron chi connectivity index (χ2n) is 3.35. The Morgan fingerprint density at radius 3 is 2.93 bits per heavy atom. The molecule has 0 saturated carbocycles. The van der Waals surface area contributed by atoms with Gasteiger partial charge < -0.3 is 9.47 Å². The molecule has 0 saturated heterocycles. The fourth-order valence-electron chi connectivity index (χ4n) is 1.37. The molecule has 0 aliphatic carbocycles. The van der Waals surface area contributed by atoms with Crippen molar-refractivity contribution in [1.82, 2.24) is 0 Å². The van der Waals surface area contributed by atoms with E-state index in [-0.39, 0.29) is 6.10 Å². The first-order valence-corrected chi connectivity index (χ1v) is 4.60. The lowest BCUT2D eigenvalue weighted by Gasteiger charge is -2.21. The summed E-state index contributed by atoms with van der Waals surface area (Å²) in [6, 6.07) is 5.65. The van der Waals surface area contributed by atoms with Gasteiger partial charge in [0.25, 0.3) is 0 Å². The highest BCUT2D eigenvalue weighted by atomic mass is 16.5. The van der Waals surface area contributed by atoms with Gasteiger partial charge in [0.15, 0.2) is 0 Å². The zero-order chi connectivity index (χ0) is 10.1. The maximum atomic E-state index is 5.66. The van der Waals surface area contributed by atoms with Crippen LogP contribution >= 0.6 is 0 Å². The van der Waals surface area contributed by atoms with Gasteiger partial charge in [0.1, 0.15) is 23.3 Å². The van der Waals surface area contributed by atoms with Crippen molar-refractivity contribution in [3.8, 4) is 11.5 Å². The number of hydrogen-bond acceptors (Lipinski definition) is 3. The average Bonchev–Trinajstić information content (AvgIpc) is 2.19. The summed E-state index contributed by atoms with van der Waals surface area (Å²) in [6.45, 7) is 3.96. The number of hydrogen-bond donors (Lipinski definition) is 0. The summed E-state index contributed by atoms with van der Waals surface area (Å²) < 4.78 is 10.8. The molecule has 1 atom stereocenters. The van der Waals surface area contributed by atoms with Crippen LogP contribution in [0, 0.1) is 0 Å². The van der Waals surface area contributed by atoms with Gasteiger partial charge in [0, 0.05) is 6.07 Å². The molecule has 1 heterocycles. The fraction of sp³-hybridized carbons (Fsp3) is 0.364. The van der Waals surface area contributed by atoms with Crippen molar-refractivity contribution < 1.29 is 9.47 Å².